The first-order chi connectivity index (χ1) is 7.10. The Labute approximate surface area is 87.7 Å². The molecule has 1 rings (SSSR count). The second-order valence-electron chi connectivity index (χ2n) is 3.37. The molecule has 1 aromatic heterocycles. The molecule has 2 N–H and O–H groups in total. The Bertz CT molecular complexity index is 403. The van der Waals surface area contributed by atoms with Crippen molar-refractivity contribution < 1.29 is 9.90 Å². The topological polar surface area (TPSA) is 75.1 Å². The van der Waals surface area contributed by atoms with Crippen LogP contribution in [0.4, 0.5) is 0 Å². The first-order valence-electron chi connectivity index (χ1n) is 5.12. The van der Waals surface area contributed by atoms with E-state index in [1.54, 1.807) is 0 Å². The van der Waals surface area contributed by atoms with Gasteiger partial charge in [-0.25, -0.2) is 0 Å². The van der Waals surface area contributed by atoms with Gasteiger partial charge in [0.05, 0.1) is 0 Å². The molecule has 0 fully saturated rings. The summed E-state index contributed by atoms with van der Waals surface area (Å²) in [4.78, 5) is 22.2. The molecule has 0 aromatic carbocycles. The van der Waals surface area contributed by atoms with Crippen LogP contribution in [0.5, 0.6) is 0 Å². The summed E-state index contributed by atoms with van der Waals surface area (Å²) in [6, 6.07) is 0. The van der Waals surface area contributed by atoms with Crippen molar-refractivity contribution in [1.82, 2.24) is 9.78 Å². The minimum atomic E-state index is -0.874. The average Bonchev–Trinajstić information content (AvgIpc) is 2.51. The monoisotopic (exact) mass is 212 g/mol. The Morgan fingerprint density at radius 1 is 1.47 bits per heavy atom. The Kier molecular flexibility index (Phi) is 3.71. The van der Waals surface area contributed by atoms with Gasteiger partial charge in [-0.2, -0.15) is 0 Å². The maximum absolute atomic E-state index is 11.7. The molecule has 0 amide bonds. The number of carboxylic acids is 1. The molecule has 1 heterocycles. The van der Waals surface area contributed by atoms with E-state index in [0.29, 0.717) is 18.5 Å². The van der Waals surface area contributed by atoms with Crippen LogP contribution < -0.4 is 5.56 Å². The zero-order valence-electron chi connectivity index (χ0n) is 9.04. The number of carbonyl (C=O) groups is 1. The Hall–Kier alpha value is -1.52. The van der Waals surface area contributed by atoms with Gasteiger partial charge >= 0.3 is 5.97 Å². The second kappa shape index (κ2) is 4.82. The lowest BCUT2D eigenvalue weighted by molar-refractivity contribution is -0.136. The van der Waals surface area contributed by atoms with Gasteiger partial charge in [-0.05, 0) is 19.8 Å². The molecule has 84 valence electrons. The lowest BCUT2D eigenvalue weighted by Crippen LogP contribution is -2.18. The van der Waals surface area contributed by atoms with E-state index in [9.17, 15) is 9.59 Å². The first-order valence-corrected chi connectivity index (χ1v) is 5.12. The normalized spacial score (nSPS) is 10.5. The van der Waals surface area contributed by atoms with E-state index in [0.717, 1.165) is 12.1 Å². The van der Waals surface area contributed by atoms with Crippen LogP contribution in [0.1, 0.15) is 31.5 Å². The minimum Gasteiger partial charge on any atom is -0.481 e. The molecular formula is C10H16N2O3. The Morgan fingerprint density at radius 2 is 2.13 bits per heavy atom. The van der Waals surface area contributed by atoms with Crippen molar-refractivity contribution in [3.63, 3.8) is 0 Å². The number of rotatable bonds is 5. The Balaban J connectivity index is 2.98. The SMILES string of the molecule is CCc1[nH]n(CC)c(=O)c1CCC(=O)O. The van der Waals surface area contributed by atoms with Crippen LogP contribution in [0.2, 0.25) is 0 Å². The third kappa shape index (κ3) is 2.49. The fraction of sp³-hybridized carbons (Fsp3) is 0.600. The standard InChI is InChI=1S/C10H16N2O3/c1-3-8-7(5-6-9(13)14)10(15)12(4-2)11-8/h11H,3-6H2,1-2H3,(H,13,14). The summed E-state index contributed by atoms with van der Waals surface area (Å²) in [5, 5.41) is 11.6. The van der Waals surface area contributed by atoms with Crippen LogP contribution in [-0.2, 0) is 24.2 Å². The highest BCUT2D eigenvalue weighted by molar-refractivity contribution is 5.67. The van der Waals surface area contributed by atoms with E-state index >= 15 is 0 Å². The molecule has 0 atom stereocenters. The number of nitrogens with zero attached hydrogens (tertiary/aromatic N) is 1. The summed E-state index contributed by atoms with van der Waals surface area (Å²) in [5.74, 6) is -0.874. The number of aliphatic carboxylic acids is 1. The van der Waals surface area contributed by atoms with Crippen molar-refractivity contribution in [3.05, 3.63) is 21.6 Å². The highest BCUT2D eigenvalue weighted by atomic mass is 16.4. The number of aryl methyl sites for hydroxylation is 2. The smallest absolute Gasteiger partial charge is 0.303 e. The largest absolute Gasteiger partial charge is 0.481 e. The summed E-state index contributed by atoms with van der Waals surface area (Å²) in [6.07, 6.45) is 1.03. The molecule has 0 aliphatic heterocycles. The third-order valence-corrected chi connectivity index (χ3v) is 2.40. The van der Waals surface area contributed by atoms with E-state index in [4.69, 9.17) is 5.11 Å². The number of aromatic nitrogens is 2. The Morgan fingerprint density at radius 3 is 2.60 bits per heavy atom. The van der Waals surface area contributed by atoms with Gasteiger partial charge in [-0.1, -0.05) is 6.92 Å². The molecule has 1 aromatic rings. The minimum absolute atomic E-state index is 0.00378. The predicted octanol–water partition coefficient (Wildman–Crippen LogP) is 0.776. The third-order valence-electron chi connectivity index (χ3n) is 2.40. The van der Waals surface area contributed by atoms with Gasteiger partial charge in [0, 0.05) is 24.2 Å². The fourth-order valence-corrected chi connectivity index (χ4v) is 1.58. The lowest BCUT2D eigenvalue weighted by atomic mass is 10.1. The van der Waals surface area contributed by atoms with Gasteiger partial charge in [0.1, 0.15) is 0 Å². The van der Waals surface area contributed by atoms with E-state index in [-0.39, 0.29) is 12.0 Å². The number of H-pyrrole nitrogens is 1. The fourth-order valence-electron chi connectivity index (χ4n) is 1.58. The van der Waals surface area contributed by atoms with Gasteiger partial charge < -0.3 is 5.11 Å². The van der Waals surface area contributed by atoms with Crippen molar-refractivity contribution in [3.8, 4) is 0 Å². The molecule has 0 aliphatic rings. The van der Waals surface area contributed by atoms with Crippen LogP contribution in [0.25, 0.3) is 0 Å². The van der Waals surface area contributed by atoms with Crippen LogP contribution in [0.3, 0.4) is 0 Å². The first kappa shape index (κ1) is 11.6. The van der Waals surface area contributed by atoms with E-state index in [1.165, 1.54) is 4.68 Å². The molecule has 0 spiro atoms. The molecule has 0 aliphatic carbocycles. The van der Waals surface area contributed by atoms with Crippen molar-refractivity contribution >= 4 is 5.97 Å². The molecule has 0 unspecified atom stereocenters. The van der Waals surface area contributed by atoms with Crippen LogP contribution in [0.15, 0.2) is 4.79 Å². The predicted molar refractivity (Wildman–Crippen MR) is 56.1 cm³/mol. The molecule has 5 heteroatoms. The molecule has 5 nitrogen and oxygen atoms in total. The van der Waals surface area contributed by atoms with Crippen molar-refractivity contribution in [2.45, 2.75) is 39.7 Å². The summed E-state index contributed by atoms with van der Waals surface area (Å²) < 4.78 is 1.51. The molecule has 0 saturated carbocycles. The van der Waals surface area contributed by atoms with Crippen LogP contribution in [0, 0.1) is 0 Å². The molecule has 0 radical (unpaired) electrons. The maximum atomic E-state index is 11.7. The van der Waals surface area contributed by atoms with Gasteiger partial charge in [0.15, 0.2) is 0 Å². The van der Waals surface area contributed by atoms with E-state index in [2.05, 4.69) is 5.10 Å². The van der Waals surface area contributed by atoms with E-state index in [1.807, 2.05) is 13.8 Å². The summed E-state index contributed by atoms with van der Waals surface area (Å²) in [5.41, 5.74) is 1.38. The van der Waals surface area contributed by atoms with Gasteiger partial charge in [0.2, 0.25) is 0 Å². The van der Waals surface area contributed by atoms with Crippen LogP contribution >= 0.6 is 0 Å². The quantitative estimate of drug-likeness (QED) is 0.757. The second-order valence-corrected chi connectivity index (χ2v) is 3.37. The number of hydrogen-bond acceptors (Lipinski definition) is 2. The lowest BCUT2D eigenvalue weighted by Gasteiger charge is -1.95. The van der Waals surface area contributed by atoms with Gasteiger partial charge in [-0.3, -0.25) is 19.4 Å². The highest BCUT2D eigenvalue weighted by Gasteiger charge is 2.12. The molecule has 0 bridgehead atoms. The average molecular weight is 212 g/mol. The number of nitrogens with one attached hydrogen (secondary N) is 1. The number of hydrogen-bond donors (Lipinski definition) is 2. The molecular weight excluding hydrogens is 196 g/mol. The van der Waals surface area contributed by atoms with Gasteiger partial charge in [0.25, 0.3) is 5.56 Å². The number of aromatic amines is 1. The summed E-state index contributed by atoms with van der Waals surface area (Å²) >= 11 is 0. The van der Waals surface area contributed by atoms with Crippen molar-refractivity contribution in [2.75, 3.05) is 0 Å². The zero-order valence-corrected chi connectivity index (χ0v) is 9.04. The van der Waals surface area contributed by atoms with Crippen molar-refractivity contribution in [2.24, 2.45) is 0 Å². The van der Waals surface area contributed by atoms with Crippen molar-refractivity contribution in [1.29, 1.82) is 0 Å². The molecule has 0 saturated heterocycles. The van der Waals surface area contributed by atoms with Gasteiger partial charge in [-0.15, -0.1) is 0 Å². The van der Waals surface area contributed by atoms with Crippen LogP contribution in [-0.4, -0.2) is 20.9 Å². The summed E-state index contributed by atoms with van der Waals surface area (Å²) in [6.45, 7) is 4.40. The molecule has 15 heavy (non-hydrogen) atoms. The highest BCUT2D eigenvalue weighted by Crippen LogP contribution is 2.05. The summed E-state index contributed by atoms with van der Waals surface area (Å²) in [7, 11) is 0. The van der Waals surface area contributed by atoms with E-state index < -0.39 is 5.97 Å². The maximum Gasteiger partial charge on any atom is 0.303 e. The number of carboxylic acid groups (broad SMARTS) is 1. The zero-order chi connectivity index (χ0) is 11.4.